The van der Waals surface area contributed by atoms with Crippen LogP contribution >= 0.6 is 0 Å². The third-order valence-electron chi connectivity index (χ3n) is 5.62. The molecule has 1 aliphatic heterocycles. The Morgan fingerprint density at radius 3 is 2.66 bits per heavy atom. The highest BCUT2D eigenvalue weighted by Gasteiger charge is 2.23. The van der Waals surface area contributed by atoms with Crippen LogP contribution in [0.15, 0.2) is 42.5 Å². The Morgan fingerprint density at radius 1 is 1.21 bits per heavy atom. The molecule has 150 valence electrons. The number of hydrogen-bond donors (Lipinski definition) is 1. The van der Waals surface area contributed by atoms with Crippen LogP contribution in [0, 0.1) is 5.82 Å². The summed E-state index contributed by atoms with van der Waals surface area (Å²) in [6.07, 6.45) is 2.51. The zero-order valence-electron chi connectivity index (χ0n) is 16.6. The summed E-state index contributed by atoms with van der Waals surface area (Å²) in [6.45, 7) is 4.98. The Kier molecular flexibility index (Phi) is 5.53. The van der Waals surface area contributed by atoms with Crippen molar-refractivity contribution in [2.24, 2.45) is 5.73 Å². The summed E-state index contributed by atoms with van der Waals surface area (Å²) >= 11 is 0. The molecule has 2 heterocycles. The van der Waals surface area contributed by atoms with Crippen LogP contribution < -0.4 is 5.73 Å². The molecule has 29 heavy (non-hydrogen) atoms. The average molecular weight is 392 g/mol. The minimum atomic E-state index is -0.496. The van der Waals surface area contributed by atoms with Crippen LogP contribution in [0.2, 0.25) is 0 Å². The van der Waals surface area contributed by atoms with Gasteiger partial charge in [0.1, 0.15) is 11.6 Å². The van der Waals surface area contributed by atoms with Gasteiger partial charge >= 0.3 is 0 Å². The molecule has 5 nitrogen and oxygen atoms in total. The number of aryl methyl sites for hydroxylation is 1. The van der Waals surface area contributed by atoms with Gasteiger partial charge in [0, 0.05) is 24.3 Å². The van der Waals surface area contributed by atoms with Crippen LogP contribution in [0.3, 0.4) is 0 Å². The molecule has 0 spiro atoms. The fourth-order valence-electron chi connectivity index (χ4n) is 3.94. The molecular formula is C23H25FN4O. The standard InChI is InChI=1S/C23H25FN4O/c1-2-21-26-20(18-8-4-9-19(23(25)29)22(18)27-21)13-16(14-28-10-5-11-28)15-6-3-7-17(24)12-15/h3-4,6-9,12,16H,2,5,10-11,13-14H2,1H3,(H2,25,29). The largest absolute Gasteiger partial charge is 0.366 e. The summed E-state index contributed by atoms with van der Waals surface area (Å²) in [7, 11) is 0. The monoisotopic (exact) mass is 392 g/mol. The van der Waals surface area contributed by atoms with Gasteiger partial charge < -0.3 is 10.6 Å². The minimum Gasteiger partial charge on any atom is -0.366 e. The highest BCUT2D eigenvalue weighted by Crippen LogP contribution is 2.28. The van der Waals surface area contributed by atoms with E-state index in [1.807, 2.05) is 25.1 Å². The molecule has 1 unspecified atom stereocenters. The lowest BCUT2D eigenvalue weighted by Crippen LogP contribution is -2.40. The van der Waals surface area contributed by atoms with Gasteiger partial charge in [0.15, 0.2) is 0 Å². The van der Waals surface area contributed by atoms with Crippen molar-refractivity contribution in [2.75, 3.05) is 19.6 Å². The molecule has 1 amide bonds. The number of aromatic nitrogens is 2. The molecule has 0 bridgehead atoms. The van der Waals surface area contributed by atoms with E-state index >= 15 is 0 Å². The van der Waals surface area contributed by atoms with Crippen LogP contribution in [0.5, 0.6) is 0 Å². The lowest BCUT2D eigenvalue weighted by Gasteiger charge is -2.34. The van der Waals surface area contributed by atoms with Crippen LogP contribution in [-0.2, 0) is 12.8 Å². The van der Waals surface area contributed by atoms with Gasteiger partial charge in [0.25, 0.3) is 5.91 Å². The molecule has 0 aliphatic carbocycles. The van der Waals surface area contributed by atoms with E-state index in [0.29, 0.717) is 29.7 Å². The number of hydrogen-bond acceptors (Lipinski definition) is 4. The van der Waals surface area contributed by atoms with Gasteiger partial charge in [0.2, 0.25) is 0 Å². The molecule has 2 N–H and O–H groups in total. The van der Waals surface area contributed by atoms with E-state index in [1.165, 1.54) is 12.5 Å². The van der Waals surface area contributed by atoms with Gasteiger partial charge in [0.05, 0.1) is 16.8 Å². The van der Waals surface area contributed by atoms with E-state index in [0.717, 1.165) is 36.3 Å². The van der Waals surface area contributed by atoms with Gasteiger partial charge in [-0.2, -0.15) is 0 Å². The Balaban J connectivity index is 1.78. The van der Waals surface area contributed by atoms with E-state index in [4.69, 9.17) is 10.7 Å². The second kappa shape index (κ2) is 8.25. The van der Waals surface area contributed by atoms with Crippen LogP contribution in [0.4, 0.5) is 4.39 Å². The summed E-state index contributed by atoms with van der Waals surface area (Å²) in [6, 6.07) is 12.3. The number of halogens is 1. The van der Waals surface area contributed by atoms with Crippen LogP contribution in [0.1, 0.15) is 46.7 Å². The van der Waals surface area contributed by atoms with Crippen molar-refractivity contribution in [2.45, 2.75) is 32.1 Å². The Morgan fingerprint density at radius 2 is 2.00 bits per heavy atom. The molecular weight excluding hydrogens is 367 g/mol. The number of amides is 1. The number of likely N-dealkylation sites (tertiary alicyclic amines) is 1. The molecule has 2 aromatic carbocycles. The zero-order valence-corrected chi connectivity index (χ0v) is 16.6. The second-order valence-corrected chi connectivity index (χ2v) is 7.62. The first kappa shape index (κ1) is 19.5. The summed E-state index contributed by atoms with van der Waals surface area (Å²) in [4.78, 5) is 23.7. The quantitative estimate of drug-likeness (QED) is 0.668. The van der Waals surface area contributed by atoms with Crippen molar-refractivity contribution in [3.8, 4) is 0 Å². The molecule has 1 atom stereocenters. The lowest BCUT2D eigenvalue weighted by atomic mass is 9.91. The van der Waals surface area contributed by atoms with E-state index in [9.17, 15) is 9.18 Å². The third-order valence-corrected chi connectivity index (χ3v) is 5.62. The topological polar surface area (TPSA) is 72.1 Å². The van der Waals surface area contributed by atoms with Crippen molar-refractivity contribution >= 4 is 16.8 Å². The normalized spacial score (nSPS) is 15.2. The first-order valence-corrected chi connectivity index (χ1v) is 10.1. The van der Waals surface area contributed by atoms with Gasteiger partial charge in [-0.05, 0) is 49.7 Å². The third kappa shape index (κ3) is 4.12. The summed E-state index contributed by atoms with van der Waals surface area (Å²) < 4.78 is 13.9. The molecule has 3 aromatic rings. The van der Waals surface area contributed by atoms with Crippen molar-refractivity contribution in [1.29, 1.82) is 0 Å². The fraction of sp³-hybridized carbons (Fsp3) is 0.348. The smallest absolute Gasteiger partial charge is 0.250 e. The molecule has 0 radical (unpaired) electrons. The number of benzene rings is 2. The lowest BCUT2D eigenvalue weighted by molar-refractivity contribution is 0.100. The maximum absolute atomic E-state index is 13.9. The maximum atomic E-state index is 13.9. The predicted molar refractivity (Wildman–Crippen MR) is 111 cm³/mol. The number of para-hydroxylation sites is 1. The second-order valence-electron chi connectivity index (χ2n) is 7.62. The predicted octanol–water partition coefficient (Wildman–Crippen LogP) is 3.46. The van der Waals surface area contributed by atoms with Gasteiger partial charge in [-0.1, -0.05) is 31.2 Å². The number of rotatable bonds is 7. The van der Waals surface area contributed by atoms with Crippen molar-refractivity contribution in [3.63, 3.8) is 0 Å². The first-order valence-electron chi connectivity index (χ1n) is 10.1. The van der Waals surface area contributed by atoms with Gasteiger partial charge in [-0.3, -0.25) is 4.79 Å². The van der Waals surface area contributed by atoms with Gasteiger partial charge in [-0.25, -0.2) is 14.4 Å². The Bertz CT molecular complexity index is 1050. The van der Waals surface area contributed by atoms with Crippen molar-refractivity contribution in [1.82, 2.24) is 14.9 Å². The Hall–Kier alpha value is -2.86. The summed E-state index contributed by atoms with van der Waals surface area (Å²) in [5.74, 6) is 0.0627. The fourth-order valence-corrected chi connectivity index (χ4v) is 3.94. The zero-order chi connectivity index (χ0) is 20.4. The Labute approximate surface area is 169 Å². The SMILES string of the molecule is CCc1nc(CC(CN2CCC2)c2cccc(F)c2)c2cccc(C(N)=O)c2n1. The van der Waals surface area contributed by atoms with E-state index in [-0.39, 0.29) is 11.7 Å². The molecule has 4 rings (SSSR count). The molecule has 1 fully saturated rings. The summed E-state index contributed by atoms with van der Waals surface area (Å²) in [5.41, 5.74) is 8.43. The van der Waals surface area contributed by atoms with E-state index in [1.54, 1.807) is 18.2 Å². The summed E-state index contributed by atoms with van der Waals surface area (Å²) in [5, 5.41) is 0.837. The van der Waals surface area contributed by atoms with Crippen molar-refractivity contribution in [3.05, 3.63) is 70.9 Å². The number of carbonyl (C=O) groups excluding carboxylic acids is 1. The highest BCUT2D eigenvalue weighted by molar-refractivity contribution is 6.05. The molecule has 6 heteroatoms. The minimum absolute atomic E-state index is 0.103. The highest BCUT2D eigenvalue weighted by atomic mass is 19.1. The molecule has 1 aliphatic rings. The van der Waals surface area contributed by atoms with Gasteiger partial charge in [-0.15, -0.1) is 0 Å². The van der Waals surface area contributed by atoms with Crippen LogP contribution in [-0.4, -0.2) is 40.4 Å². The first-order chi connectivity index (χ1) is 14.0. The number of nitrogens with two attached hydrogens (primary N) is 1. The maximum Gasteiger partial charge on any atom is 0.250 e. The number of fused-ring (bicyclic) bond motifs is 1. The molecule has 0 saturated carbocycles. The number of nitrogens with zero attached hydrogens (tertiary/aromatic N) is 3. The van der Waals surface area contributed by atoms with E-state index < -0.39 is 5.91 Å². The number of carbonyl (C=O) groups is 1. The molecule has 1 aromatic heterocycles. The van der Waals surface area contributed by atoms with Crippen LogP contribution in [0.25, 0.3) is 10.9 Å². The van der Waals surface area contributed by atoms with Crippen molar-refractivity contribution < 1.29 is 9.18 Å². The van der Waals surface area contributed by atoms with E-state index in [2.05, 4.69) is 9.88 Å². The average Bonchev–Trinajstić information content (AvgIpc) is 2.68. The molecule has 1 saturated heterocycles. The number of primary amides is 1.